The molecule has 0 spiro atoms. The molecule has 1 unspecified atom stereocenters. The summed E-state index contributed by atoms with van der Waals surface area (Å²) in [6.07, 6.45) is 1.62. The highest BCUT2D eigenvalue weighted by Crippen LogP contribution is 2.21. The largest absolute Gasteiger partial charge is 0.379 e. The molecule has 3 heterocycles. The SMILES string of the molecule is Cc1ccc2ncnc(N(C)CC(C)N3CCOCC3)c2n1. The van der Waals surface area contributed by atoms with E-state index in [-0.39, 0.29) is 0 Å². The molecule has 6 heteroatoms. The molecular weight excluding hydrogens is 278 g/mol. The fraction of sp³-hybridized carbons (Fsp3) is 0.562. The summed E-state index contributed by atoms with van der Waals surface area (Å²) in [7, 11) is 2.07. The Bertz CT molecular complexity index is 641. The lowest BCUT2D eigenvalue weighted by Gasteiger charge is -2.34. The van der Waals surface area contributed by atoms with Gasteiger partial charge >= 0.3 is 0 Å². The van der Waals surface area contributed by atoms with Gasteiger partial charge in [0.15, 0.2) is 5.82 Å². The molecule has 22 heavy (non-hydrogen) atoms. The Hall–Kier alpha value is -1.79. The number of rotatable bonds is 4. The predicted molar refractivity (Wildman–Crippen MR) is 87.2 cm³/mol. The Morgan fingerprint density at radius 3 is 2.82 bits per heavy atom. The molecule has 1 fully saturated rings. The van der Waals surface area contributed by atoms with Gasteiger partial charge in [-0.25, -0.2) is 15.0 Å². The van der Waals surface area contributed by atoms with Gasteiger partial charge in [0.25, 0.3) is 0 Å². The summed E-state index contributed by atoms with van der Waals surface area (Å²) in [5, 5.41) is 0. The third-order valence-electron chi connectivity index (χ3n) is 4.17. The van der Waals surface area contributed by atoms with Gasteiger partial charge < -0.3 is 9.64 Å². The van der Waals surface area contributed by atoms with Crippen LogP contribution in [-0.2, 0) is 4.74 Å². The minimum absolute atomic E-state index is 0.448. The molecule has 2 aromatic heterocycles. The van der Waals surface area contributed by atoms with Crippen molar-refractivity contribution in [3.05, 3.63) is 24.2 Å². The van der Waals surface area contributed by atoms with Crippen LogP contribution < -0.4 is 4.90 Å². The topological polar surface area (TPSA) is 54.4 Å². The maximum absolute atomic E-state index is 5.42. The molecule has 2 aromatic rings. The molecule has 0 aliphatic carbocycles. The molecule has 0 amide bonds. The van der Waals surface area contributed by atoms with Crippen molar-refractivity contribution in [1.29, 1.82) is 0 Å². The van der Waals surface area contributed by atoms with Crippen molar-refractivity contribution in [2.75, 3.05) is 44.8 Å². The molecular formula is C16H23N5O. The van der Waals surface area contributed by atoms with Gasteiger partial charge in [-0.2, -0.15) is 0 Å². The molecule has 1 aliphatic heterocycles. The summed E-state index contributed by atoms with van der Waals surface area (Å²) in [5.74, 6) is 0.897. The van der Waals surface area contributed by atoms with E-state index in [1.807, 2.05) is 19.1 Å². The highest BCUT2D eigenvalue weighted by molar-refractivity contribution is 5.85. The number of likely N-dealkylation sites (N-methyl/N-ethyl adjacent to an activating group) is 1. The third-order valence-corrected chi connectivity index (χ3v) is 4.17. The number of pyridine rings is 1. The van der Waals surface area contributed by atoms with Gasteiger partial charge in [-0.1, -0.05) is 0 Å². The molecule has 0 aromatic carbocycles. The first-order chi connectivity index (χ1) is 10.6. The van der Waals surface area contributed by atoms with Crippen molar-refractivity contribution in [2.24, 2.45) is 0 Å². The van der Waals surface area contributed by atoms with Gasteiger partial charge in [0.2, 0.25) is 0 Å². The summed E-state index contributed by atoms with van der Waals surface area (Å²) < 4.78 is 5.42. The second-order valence-electron chi connectivity index (χ2n) is 5.90. The normalized spacial score (nSPS) is 17.6. The highest BCUT2D eigenvalue weighted by atomic mass is 16.5. The van der Waals surface area contributed by atoms with Crippen molar-refractivity contribution in [3.8, 4) is 0 Å². The quantitative estimate of drug-likeness (QED) is 0.853. The Kier molecular flexibility index (Phi) is 4.49. The van der Waals surface area contributed by atoms with E-state index in [0.717, 1.165) is 55.4 Å². The lowest BCUT2D eigenvalue weighted by atomic mass is 10.2. The number of fused-ring (bicyclic) bond motifs is 1. The van der Waals surface area contributed by atoms with Crippen molar-refractivity contribution < 1.29 is 4.74 Å². The zero-order valence-electron chi connectivity index (χ0n) is 13.5. The summed E-state index contributed by atoms with van der Waals surface area (Å²) >= 11 is 0. The number of aromatic nitrogens is 3. The van der Waals surface area contributed by atoms with Crippen LogP contribution in [0.2, 0.25) is 0 Å². The first kappa shape index (κ1) is 15.1. The molecule has 0 bridgehead atoms. The summed E-state index contributed by atoms with van der Waals surface area (Å²) in [4.78, 5) is 18.0. The average Bonchev–Trinajstić information content (AvgIpc) is 2.55. The molecule has 0 radical (unpaired) electrons. The van der Waals surface area contributed by atoms with Crippen LogP contribution in [0.4, 0.5) is 5.82 Å². The smallest absolute Gasteiger partial charge is 0.158 e. The van der Waals surface area contributed by atoms with Gasteiger partial charge in [-0.15, -0.1) is 0 Å². The first-order valence-corrected chi connectivity index (χ1v) is 7.76. The van der Waals surface area contributed by atoms with Gasteiger partial charge in [-0.05, 0) is 26.0 Å². The number of ether oxygens (including phenoxy) is 1. The van der Waals surface area contributed by atoms with E-state index in [4.69, 9.17) is 4.74 Å². The van der Waals surface area contributed by atoms with Crippen LogP contribution in [-0.4, -0.2) is 65.8 Å². The van der Waals surface area contributed by atoms with Gasteiger partial charge in [0.05, 0.1) is 18.7 Å². The maximum Gasteiger partial charge on any atom is 0.158 e. The maximum atomic E-state index is 5.42. The zero-order valence-corrected chi connectivity index (χ0v) is 13.5. The molecule has 0 N–H and O–H groups in total. The van der Waals surface area contributed by atoms with Gasteiger partial charge in [-0.3, -0.25) is 4.90 Å². The Morgan fingerprint density at radius 2 is 2.05 bits per heavy atom. The van der Waals surface area contributed by atoms with Crippen LogP contribution in [0, 0.1) is 6.92 Å². The van der Waals surface area contributed by atoms with E-state index in [2.05, 4.69) is 38.7 Å². The summed E-state index contributed by atoms with van der Waals surface area (Å²) in [5.41, 5.74) is 2.75. The minimum atomic E-state index is 0.448. The van der Waals surface area contributed by atoms with Gasteiger partial charge in [0, 0.05) is 38.4 Å². The van der Waals surface area contributed by atoms with Crippen molar-refractivity contribution >= 4 is 16.9 Å². The number of morpholine rings is 1. The second kappa shape index (κ2) is 6.54. The standard InChI is InChI=1S/C16H23N5O/c1-12-4-5-14-15(19-12)16(18-11-17-14)20(3)10-13(2)21-6-8-22-9-7-21/h4-5,11,13H,6-10H2,1-3H3. The van der Waals surface area contributed by atoms with Crippen LogP contribution in [0.3, 0.4) is 0 Å². The van der Waals surface area contributed by atoms with Crippen LogP contribution in [0.1, 0.15) is 12.6 Å². The van der Waals surface area contributed by atoms with Crippen molar-refractivity contribution in [1.82, 2.24) is 19.9 Å². The second-order valence-corrected chi connectivity index (χ2v) is 5.90. The molecule has 1 aliphatic rings. The summed E-state index contributed by atoms with van der Waals surface area (Å²) in [6.45, 7) is 8.79. The average molecular weight is 301 g/mol. The van der Waals surface area contributed by atoms with Crippen LogP contribution >= 0.6 is 0 Å². The fourth-order valence-corrected chi connectivity index (χ4v) is 2.92. The van der Waals surface area contributed by atoms with Crippen LogP contribution in [0.15, 0.2) is 18.5 Å². The number of nitrogens with zero attached hydrogens (tertiary/aromatic N) is 5. The monoisotopic (exact) mass is 301 g/mol. The molecule has 0 saturated carbocycles. The van der Waals surface area contributed by atoms with Gasteiger partial charge in [0.1, 0.15) is 11.8 Å². The van der Waals surface area contributed by atoms with Crippen LogP contribution in [0.25, 0.3) is 11.0 Å². The highest BCUT2D eigenvalue weighted by Gasteiger charge is 2.20. The van der Waals surface area contributed by atoms with E-state index in [1.165, 1.54) is 0 Å². The molecule has 3 rings (SSSR count). The Morgan fingerprint density at radius 1 is 1.27 bits per heavy atom. The first-order valence-electron chi connectivity index (χ1n) is 7.76. The third kappa shape index (κ3) is 3.18. The number of anilines is 1. The summed E-state index contributed by atoms with van der Waals surface area (Å²) in [6, 6.07) is 4.43. The Labute approximate surface area is 131 Å². The molecule has 1 atom stereocenters. The predicted octanol–water partition coefficient (Wildman–Crippen LogP) is 1.49. The van der Waals surface area contributed by atoms with Crippen molar-refractivity contribution in [2.45, 2.75) is 19.9 Å². The molecule has 1 saturated heterocycles. The van der Waals surface area contributed by atoms with E-state index >= 15 is 0 Å². The van der Waals surface area contributed by atoms with Crippen LogP contribution in [0.5, 0.6) is 0 Å². The van der Waals surface area contributed by atoms with E-state index in [9.17, 15) is 0 Å². The van der Waals surface area contributed by atoms with E-state index < -0.39 is 0 Å². The lowest BCUT2D eigenvalue weighted by Crippen LogP contribution is -2.47. The number of hydrogen-bond donors (Lipinski definition) is 0. The zero-order chi connectivity index (χ0) is 15.5. The number of hydrogen-bond acceptors (Lipinski definition) is 6. The minimum Gasteiger partial charge on any atom is -0.379 e. The van der Waals surface area contributed by atoms with E-state index in [1.54, 1.807) is 6.33 Å². The van der Waals surface area contributed by atoms with Crippen molar-refractivity contribution in [3.63, 3.8) is 0 Å². The lowest BCUT2D eigenvalue weighted by molar-refractivity contribution is 0.0218. The number of aryl methyl sites for hydroxylation is 1. The molecule has 6 nitrogen and oxygen atoms in total. The fourth-order valence-electron chi connectivity index (χ4n) is 2.92. The molecule has 118 valence electrons. The Balaban J connectivity index is 1.79. The van der Waals surface area contributed by atoms with E-state index in [0.29, 0.717) is 6.04 Å².